The Morgan fingerprint density at radius 1 is 1.11 bits per heavy atom. The van der Waals surface area contributed by atoms with Gasteiger partial charge in [-0.25, -0.2) is 4.39 Å². The summed E-state index contributed by atoms with van der Waals surface area (Å²) in [6, 6.07) is 13.5. The van der Waals surface area contributed by atoms with Crippen LogP contribution >= 0.6 is 0 Å². The number of nitrogens with two attached hydrogens (primary N) is 1. The quantitative estimate of drug-likeness (QED) is 0.873. The Bertz CT molecular complexity index is 588. The van der Waals surface area contributed by atoms with Gasteiger partial charge >= 0.3 is 0 Å². The second-order valence-electron chi connectivity index (χ2n) is 5.26. The van der Waals surface area contributed by atoms with E-state index in [9.17, 15) is 4.39 Å². The van der Waals surface area contributed by atoms with Gasteiger partial charge in [0.2, 0.25) is 0 Å². The largest absolute Gasteiger partial charge is 0.326 e. The highest BCUT2D eigenvalue weighted by Crippen LogP contribution is 2.38. The van der Waals surface area contributed by atoms with Crippen molar-refractivity contribution in [3.63, 3.8) is 0 Å². The lowest BCUT2D eigenvalue weighted by molar-refractivity contribution is 0.420. The zero-order chi connectivity index (χ0) is 13.2. The monoisotopic (exact) mass is 255 g/mol. The molecular weight excluding hydrogens is 237 g/mol. The molecule has 0 atom stereocenters. The van der Waals surface area contributed by atoms with Crippen molar-refractivity contribution < 1.29 is 4.39 Å². The maximum absolute atomic E-state index is 13.3. The predicted molar refractivity (Wildman–Crippen MR) is 76.3 cm³/mol. The number of hydrogen-bond acceptors (Lipinski definition) is 1. The van der Waals surface area contributed by atoms with E-state index in [-0.39, 0.29) is 5.82 Å². The van der Waals surface area contributed by atoms with E-state index in [0.29, 0.717) is 12.5 Å². The lowest BCUT2D eigenvalue weighted by Crippen LogP contribution is -2.08. The van der Waals surface area contributed by atoms with E-state index in [2.05, 4.69) is 24.3 Å². The van der Waals surface area contributed by atoms with Crippen LogP contribution in [0.1, 0.15) is 36.3 Å². The summed E-state index contributed by atoms with van der Waals surface area (Å²) >= 11 is 0. The molecule has 3 rings (SSSR count). The Morgan fingerprint density at radius 2 is 1.95 bits per heavy atom. The SMILES string of the molecule is NCc1cc(F)ccc1-c1cccc(C2CCC2)c1. The minimum Gasteiger partial charge on any atom is -0.326 e. The van der Waals surface area contributed by atoms with E-state index in [4.69, 9.17) is 5.73 Å². The van der Waals surface area contributed by atoms with E-state index in [1.807, 2.05) is 6.07 Å². The number of benzene rings is 2. The van der Waals surface area contributed by atoms with Gasteiger partial charge in [0.15, 0.2) is 0 Å². The summed E-state index contributed by atoms with van der Waals surface area (Å²) in [4.78, 5) is 0. The van der Waals surface area contributed by atoms with Gasteiger partial charge in [-0.05, 0) is 53.1 Å². The van der Waals surface area contributed by atoms with Crippen molar-refractivity contribution in [2.24, 2.45) is 5.73 Å². The first-order chi connectivity index (χ1) is 9.28. The van der Waals surface area contributed by atoms with Crippen LogP contribution < -0.4 is 5.73 Å². The molecule has 1 fully saturated rings. The standard InChI is InChI=1S/C17H18FN/c18-16-7-8-17(15(10-16)11-19)14-6-2-5-13(9-14)12-3-1-4-12/h2,5-10,12H,1,3-4,11,19H2. The molecular formula is C17H18FN. The second-order valence-corrected chi connectivity index (χ2v) is 5.26. The van der Waals surface area contributed by atoms with Gasteiger partial charge in [-0.15, -0.1) is 0 Å². The van der Waals surface area contributed by atoms with Crippen LogP contribution in [0.5, 0.6) is 0 Å². The summed E-state index contributed by atoms with van der Waals surface area (Å²) in [5.74, 6) is 0.487. The molecule has 0 heterocycles. The number of hydrogen-bond donors (Lipinski definition) is 1. The smallest absolute Gasteiger partial charge is 0.123 e. The van der Waals surface area contributed by atoms with Gasteiger partial charge < -0.3 is 5.73 Å². The summed E-state index contributed by atoms with van der Waals surface area (Å²) in [5, 5.41) is 0. The van der Waals surface area contributed by atoms with Crippen LogP contribution in [0, 0.1) is 5.82 Å². The number of rotatable bonds is 3. The van der Waals surface area contributed by atoms with Crippen LogP contribution in [0.2, 0.25) is 0 Å². The highest BCUT2D eigenvalue weighted by atomic mass is 19.1. The molecule has 0 amide bonds. The first-order valence-electron chi connectivity index (χ1n) is 6.87. The fraction of sp³-hybridized carbons (Fsp3) is 0.294. The third-order valence-electron chi connectivity index (χ3n) is 4.06. The molecule has 1 nitrogen and oxygen atoms in total. The minimum absolute atomic E-state index is 0.223. The molecule has 0 unspecified atom stereocenters. The predicted octanol–water partition coefficient (Wildman–Crippen LogP) is 4.22. The highest BCUT2D eigenvalue weighted by molar-refractivity contribution is 5.68. The molecule has 2 N–H and O–H groups in total. The molecule has 0 saturated heterocycles. The molecule has 0 aliphatic heterocycles. The molecule has 0 spiro atoms. The van der Waals surface area contributed by atoms with Crippen molar-refractivity contribution in [2.45, 2.75) is 31.7 Å². The van der Waals surface area contributed by atoms with Crippen molar-refractivity contribution in [3.8, 4) is 11.1 Å². The van der Waals surface area contributed by atoms with Crippen molar-refractivity contribution in [1.82, 2.24) is 0 Å². The van der Waals surface area contributed by atoms with E-state index in [0.717, 1.165) is 16.7 Å². The van der Waals surface area contributed by atoms with Crippen LogP contribution in [0.25, 0.3) is 11.1 Å². The van der Waals surface area contributed by atoms with Gasteiger partial charge in [0.05, 0.1) is 0 Å². The molecule has 0 radical (unpaired) electrons. The summed E-state index contributed by atoms with van der Waals surface area (Å²) in [7, 11) is 0. The van der Waals surface area contributed by atoms with Crippen molar-refractivity contribution in [2.75, 3.05) is 0 Å². The second kappa shape index (κ2) is 5.14. The van der Waals surface area contributed by atoms with E-state index < -0.39 is 0 Å². The Balaban J connectivity index is 2.01. The van der Waals surface area contributed by atoms with Gasteiger partial charge in [0, 0.05) is 6.54 Å². The zero-order valence-corrected chi connectivity index (χ0v) is 10.9. The van der Waals surface area contributed by atoms with E-state index >= 15 is 0 Å². The van der Waals surface area contributed by atoms with Gasteiger partial charge in [-0.2, -0.15) is 0 Å². The van der Waals surface area contributed by atoms with Crippen molar-refractivity contribution in [1.29, 1.82) is 0 Å². The fourth-order valence-electron chi connectivity index (χ4n) is 2.71. The topological polar surface area (TPSA) is 26.0 Å². The zero-order valence-electron chi connectivity index (χ0n) is 10.9. The van der Waals surface area contributed by atoms with Gasteiger partial charge in [-0.3, -0.25) is 0 Å². The molecule has 0 bridgehead atoms. The van der Waals surface area contributed by atoms with Gasteiger partial charge in [-0.1, -0.05) is 36.8 Å². The Morgan fingerprint density at radius 3 is 2.63 bits per heavy atom. The minimum atomic E-state index is -0.223. The normalized spacial score (nSPS) is 15.3. The third kappa shape index (κ3) is 2.41. The Labute approximate surface area is 113 Å². The molecule has 0 aromatic heterocycles. The summed E-state index contributed by atoms with van der Waals surface area (Å²) in [6.07, 6.45) is 3.91. The van der Waals surface area contributed by atoms with Crippen LogP contribution in [-0.2, 0) is 6.54 Å². The van der Waals surface area contributed by atoms with Crippen molar-refractivity contribution >= 4 is 0 Å². The molecule has 2 aromatic carbocycles. The maximum Gasteiger partial charge on any atom is 0.123 e. The molecule has 2 aromatic rings. The average molecular weight is 255 g/mol. The summed E-state index contributed by atoms with van der Waals surface area (Å²) in [6.45, 7) is 0.362. The lowest BCUT2D eigenvalue weighted by atomic mass is 9.79. The summed E-state index contributed by atoms with van der Waals surface area (Å²) < 4.78 is 13.3. The van der Waals surface area contributed by atoms with Crippen LogP contribution in [0.4, 0.5) is 4.39 Å². The molecule has 1 aliphatic rings. The maximum atomic E-state index is 13.3. The van der Waals surface area contributed by atoms with E-state index in [1.54, 1.807) is 0 Å². The Kier molecular flexibility index (Phi) is 3.34. The molecule has 2 heteroatoms. The average Bonchev–Trinajstić information content (AvgIpc) is 2.37. The fourth-order valence-corrected chi connectivity index (χ4v) is 2.71. The molecule has 98 valence electrons. The Hall–Kier alpha value is -1.67. The molecule has 19 heavy (non-hydrogen) atoms. The van der Waals surface area contributed by atoms with Crippen molar-refractivity contribution in [3.05, 3.63) is 59.4 Å². The molecule has 1 saturated carbocycles. The number of halogens is 1. The summed E-state index contributed by atoms with van der Waals surface area (Å²) in [5.41, 5.74) is 10.2. The van der Waals surface area contributed by atoms with Crippen LogP contribution in [-0.4, -0.2) is 0 Å². The third-order valence-corrected chi connectivity index (χ3v) is 4.06. The first-order valence-corrected chi connectivity index (χ1v) is 6.87. The first kappa shape index (κ1) is 12.4. The van der Waals surface area contributed by atoms with Crippen LogP contribution in [0.15, 0.2) is 42.5 Å². The van der Waals surface area contributed by atoms with E-state index in [1.165, 1.54) is 37.0 Å². The van der Waals surface area contributed by atoms with Gasteiger partial charge in [0.25, 0.3) is 0 Å². The highest BCUT2D eigenvalue weighted by Gasteiger charge is 2.19. The van der Waals surface area contributed by atoms with Gasteiger partial charge in [0.1, 0.15) is 5.82 Å². The van der Waals surface area contributed by atoms with Crippen LogP contribution in [0.3, 0.4) is 0 Å². The lowest BCUT2D eigenvalue weighted by Gasteiger charge is -2.26. The molecule has 1 aliphatic carbocycles.